The molecule has 0 aromatic rings. The molecule has 0 saturated carbocycles. The van der Waals surface area contributed by atoms with Crippen molar-refractivity contribution in [3.05, 3.63) is 25.3 Å². The summed E-state index contributed by atoms with van der Waals surface area (Å²) in [5.74, 6) is 0. The van der Waals surface area contributed by atoms with Crippen LogP contribution in [-0.2, 0) is 21.1 Å². The summed E-state index contributed by atoms with van der Waals surface area (Å²) in [6.45, 7) is 7.36. The van der Waals surface area contributed by atoms with Crippen LogP contribution in [0, 0.1) is 0 Å². The molecule has 0 rings (SSSR count). The second-order valence-electron chi connectivity index (χ2n) is 2.57. The van der Waals surface area contributed by atoms with E-state index in [9.17, 15) is 0 Å². The fourth-order valence-corrected chi connectivity index (χ4v) is 0.931. The smallest absolute Gasteiger partial charge is 0 e. The van der Waals surface area contributed by atoms with Gasteiger partial charge in [-0.05, 0) is 25.7 Å². The molecule has 0 amide bonds. The van der Waals surface area contributed by atoms with Crippen LogP contribution in [0.2, 0.25) is 0 Å². The van der Waals surface area contributed by atoms with E-state index in [0.717, 1.165) is 0 Å². The van der Waals surface area contributed by atoms with Crippen LogP contribution < -0.4 is 0 Å². The first-order chi connectivity index (χ1) is 4.91. The Balaban J connectivity index is 0. The third-order valence-electron chi connectivity index (χ3n) is 1.57. The summed E-state index contributed by atoms with van der Waals surface area (Å²) in [4.78, 5) is 0. The van der Waals surface area contributed by atoms with Crippen molar-refractivity contribution >= 4 is 0 Å². The van der Waals surface area contributed by atoms with E-state index in [0.29, 0.717) is 0 Å². The number of rotatable bonds is 7. The summed E-state index contributed by atoms with van der Waals surface area (Å²) in [5, 5.41) is 0. The van der Waals surface area contributed by atoms with Crippen LogP contribution in [0.25, 0.3) is 0 Å². The van der Waals surface area contributed by atoms with Crippen LogP contribution in [0.5, 0.6) is 0 Å². The van der Waals surface area contributed by atoms with Crippen molar-refractivity contribution in [3.63, 3.8) is 0 Å². The van der Waals surface area contributed by atoms with Gasteiger partial charge in [-0.3, -0.25) is 0 Å². The van der Waals surface area contributed by atoms with E-state index in [1.807, 2.05) is 12.2 Å². The first-order valence-corrected chi connectivity index (χ1v) is 4.13. The summed E-state index contributed by atoms with van der Waals surface area (Å²) in [7, 11) is 0. The molecule has 68 valence electrons. The van der Waals surface area contributed by atoms with Gasteiger partial charge in [-0.25, -0.2) is 0 Å². The number of allylic oxidation sites excluding steroid dienone is 2. The predicted molar refractivity (Wildman–Crippen MR) is 48.1 cm³/mol. The molecular formula is C10H18Pt. The van der Waals surface area contributed by atoms with Crippen LogP contribution >= 0.6 is 0 Å². The molecule has 0 aliphatic rings. The van der Waals surface area contributed by atoms with Gasteiger partial charge in [0.1, 0.15) is 0 Å². The summed E-state index contributed by atoms with van der Waals surface area (Å²) >= 11 is 0. The van der Waals surface area contributed by atoms with Crippen LogP contribution in [0.3, 0.4) is 0 Å². The first-order valence-electron chi connectivity index (χ1n) is 4.13. The van der Waals surface area contributed by atoms with E-state index in [-0.39, 0.29) is 21.1 Å². The van der Waals surface area contributed by atoms with Gasteiger partial charge in [0, 0.05) is 21.1 Å². The molecule has 0 heterocycles. The van der Waals surface area contributed by atoms with E-state index in [1.165, 1.54) is 38.5 Å². The largest absolute Gasteiger partial charge is 0.103 e. The van der Waals surface area contributed by atoms with Crippen LogP contribution in [0.4, 0.5) is 0 Å². The Morgan fingerprint density at radius 2 is 1.09 bits per heavy atom. The summed E-state index contributed by atoms with van der Waals surface area (Å²) in [6, 6.07) is 0. The van der Waals surface area contributed by atoms with E-state index in [2.05, 4.69) is 13.2 Å². The SMILES string of the molecule is C=CCCCCCCC=C.[Pt]. The Morgan fingerprint density at radius 3 is 1.36 bits per heavy atom. The van der Waals surface area contributed by atoms with E-state index >= 15 is 0 Å². The Morgan fingerprint density at radius 1 is 0.727 bits per heavy atom. The monoisotopic (exact) mass is 333 g/mol. The zero-order valence-corrected chi connectivity index (χ0v) is 9.40. The van der Waals surface area contributed by atoms with E-state index < -0.39 is 0 Å². The van der Waals surface area contributed by atoms with Crippen molar-refractivity contribution in [2.75, 3.05) is 0 Å². The Hall–Kier alpha value is 0.168. The first kappa shape index (κ1) is 13.7. The molecular weight excluding hydrogens is 315 g/mol. The molecule has 0 radical (unpaired) electrons. The van der Waals surface area contributed by atoms with Crippen molar-refractivity contribution in [3.8, 4) is 0 Å². The zero-order chi connectivity index (χ0) is 7.66. The van der Waals surface area contributed by atoms with Crippen LogP contribution in [-0.4, -0.2) is 0 Å². The van der Waals surface area contributed by atoms with Gasteiger partial charge in [-0.15, -0.1) is 13.2 Å². The van der Waals surface area contributed by atoms with Crippen molar-refractivity contribution < 1.29 is 21.1 Å². The molecule has 11 heavy (non-hydrogen) atoms. The van der Waals surface area contributed by atoms with Gasteiger partial charge in [0.2, 0.25) is 0 Å². The minimum Gasteiger partial charge on any atom is -0.103 e. The summed E-state index contributed by atoms with van der Waals surface area (Å²) in [6.07, 6.45) is 11.6. The minimum absolute atomic E-state index is 0. The average molecular weight is 333 g/mol. The summed E-state index contributed by atoms with van der Waals surface area (Å²) < 4.78 is 0. The maximum atomic E-state index is 3.68. The van der Waals surface area contributed by atoms with E-state index in [4.69, 9.17) is 0 Å². The molecule has 0 spiro atoms. The molecule has 0 saturated heterocycles. The minimum atomic E-state index is 0. The molecule has 0 unspecified atom stereocenters. The molecule has 0 nitrogen and oxygen atoms in total. The van der Waals surface area contributed by atoms with Gasteiger partial charge < -0.3 is 0 Å². The average Bonchev–Trinajstić information content (AvgIpc) is 1.97. The van der Waals surface area contributed by atoms with Crippen molar-refractivity contribution in [1.82, 2.24) is 0 Å². The van der Waals surface area contributed by atoms with E-state index in [1.54, 1.807) is 0 Å². The molecule has 0 fully saturated rings. The molecule has 0 aliphatic heterocycles. The third-order valence-corrected chi connectivity index (χ3v) is 1.57. The second kappa shape index (κ2) is 12.8. The predicted octanol–water partition coefficient (Wildman–Crippen LogP) is 3.70. The number of hydrogen-bond donors (Lipinski definition) is 0. The fraction of sp³-hybridized carbons (Fsp3) is 0.600. The molecule has 0 N–H and O–H groups in total. The second-order valence-corrected chi connectivity index (χ2v) is 2.57. The van der Waals surface area contributed by atoms with Crippen molar-refractivity contribution in [1.29, 1.82) is 0 Å². The van der Waals surface area contributed by atoms with Gasteiger partial charge in [0.05, 0.1) is 0 Å². The summed E-state index contributed by atoms with van der Waals surface area (Å²) in [5.41, 5.74) is 0. The molecule has 0 bridgehead atoms. The van der Waals surface area contributed by atoms with Gasteiger partial charge in [-0.1, -0.05) is 25.0 Å². The van der Waals surface area contributed by atoms with Crippen molar-refractivity contribution in [2.45, 2.75) is 38.5 Å². The van der Waals surface area contributed by atoms with Gasteiger partial charge in [0.25, 0.3) is 0 Å². The van der Waals surface area contributed by atoms with Crippen molar-refractivity contribution in [2.24, 2.45) is 0 Å². The maximum Gasteiger partial charge on any atom is 0 e. The zero-order valence-electron chi connectivity index (χ0n) is 7.13. The van der Waals surface area contributed by atoms with Gasteiger partial charge in [0.15, 0.2) is 0 Å². The van der Waals surface area contributed by atoms with Gasteiger partial charge >= 0.3 is 0 Å². The molecule has 0 aromatic carbocycles. The molecule has 0 aromatic heterocycles. The quantitative estimate of drug-likeness (QED) is 0.492. The molecule has 0 atom stereocenters. The fourth-order valence-electron chi connectivity index (χ4n) is 0.931. The Kier molecular flexibility index (Phi) is 16.0. The molecule has 0 aliphatic carbocycles. The number of hydrogen-bond acceptors (Lipinski definition) is 0. The van der Waals surface area contributed by atoms with Crippen LogP contribution in [0.1, 0.15) is 38.5 Å². The van der Waals surface area contributed by atoms with Gasteiger partial charge in [-0.2, -0.15) is 0 Å². The normalized spacial score (nSPS) is 8.36. The maximum absolute atomic E-state index is 3.68. The third kappa shape index (κ3) is 13.2. The van der Waals surface area contributed by atoms with Crippen LogP contribution in [0.15, 0.2) is 25.3 Å². The number of unbranched alkanes of at least 4 members (excludes halogenated alkanes) is 5. The Bertz CT molecular complexity index is 74.9. The Labute approximate surface area is 85.0 Å². The topological polar surface area (TPSA) is 0 Å². The molecule has 1 heteroatoms. The standard InChI is InChI=1S/C10H18.Pt/c1-3-5-7-9-10-8-6-4-2;/h3-4H,1-2,5-10H2;.